The van der Waals surface area contributed by atoms with Gasteiger partial charge in [-0.05, 0) is 26.0 Å². The summed E-state index contributed by atoms with van der Waals surface area (Å²) in [6.07, 6.45) is 0.811. The molecule has 1 aromatic rings. The van der Waals surface area contributed by atoms with Crippen molar-refractivity contribution < 1.29 is 13.9 Å². The van der Waals surface area contributed by atoms with E-state index in [1.165, 1.54) is 7.11 Å². The largest absolute Gasteiger partial charge is 0.469 e. The molecule has 4 nitrogen and oxygen atoms in total. The number of hydrogen-bond acceptors (Lipinski definition) is 4. The smallest absolute Gasteiger partial charge is 0.313 e. The molecule has 1 atom stereocenters. The summed E-state index contributed by atoms with van der Waals surface area (Å²) in [6, 6.07) is 3.19. The molecular weight excluding hydrogens is 242 g/mol. The van der Waals surface area contributed by atoms with Crippen LogP contribution in [0, 0.1) is 5.41 Å². The van der Waals surface area contributed by atoms with Crippen molar-refractivity contribution in [1.82, 2.24) is 0 Å². The molecule has 0 saturated heterocycles. The number of nitrogens with two attached hydrogens (primary N) is 1. The highest BCUT2D eigenvalue weighted by molar-refractivity contribution is 5.85. The molecule has 0 aromatic carbocycles. The zero-order valence-corrected chi connectivity index (χ0v) is 11.5. The topological polar surface area (TPSA) is 65.5 Å². The lowest BCUT2D eigenvalue weighted by atomic mass is 9.83. The van der Waals surface area contributed by atoms with Crippen LogP contribution in [0.25, 0.3) is 0 Å². The van der Waals surface area contributed by atoms with Gasteiger partial charge in [0, 0.05) is 6.42 Å². The van der Waals surface area contributed by atoms with Crippen molar-refractivity contribution >= 4 is 18.4 Å². The van der Waals surface area contributed by atoms with Gasteiger partial charge in [0.2, 0.25) is 0 Å². The zero-order chi connectivity index (χ0) is 12.3. The van der Waals surface area contributed by atoms with Crippen molar-refractivity contribution in [3.63, 3.8) is 0 Å². The number of furan rings is 1. The van der Waals surface area contributed by atoms with E-state index in [2.05, 4.69) is 0 Å². The van der Waals surface area contributed by atoms with Crippen LogP contribution in [0.15, 0.2) is 16.5 Å². The number of hydrogen-bond donors (Lipinski definition) is 1. The van der Waals surface area contributed by atoms with Gasteiger partial charge in [-0.3, -0.25) is 4.79 Å². The van der Waals surface area contributed by atoms with Gasteiger partial charge in [0.05, 0.1) is 18.6 Å². The molecule has 1 aromatic heterocycles. The third kappa shape index (κ3) is 3.23. The van der Waals surface area contributed by atoms with Gasteiger partial charge in [0.25, 0.3) is 0 Å². The average molecular weight is 262 g/mol. The molecule has 0 unspecified atom stereocenters. The quantitative estimate of drug-likeness (QED) is 0.846. The summed E-state index contributed by atoms with van der Waals surface area (Å²) in [5.74, 6) is 1.15. The number of carbonyl (C=O) groups excluding carboxylic acids is 1. The Balaban J connectivity index is 0.00000256. The molecule has 0 saturated carbocycles. The first-order valence-electron chi connectivity index (χ1n) is 5.36. The maximum absolute atomic E-state index is 11.6. The van der Waals surface area contributed by atoms with Crippen LogP contribution in [0.2, 0.25) is 0 Å². The van der Waals surface area contributed by atoms with E-state index in [4.69, 9.17) is 14.9 Å². The van der Waals surface area contributed by atoms with Gasteiger partial charge >= 0.3 is 5.97 Å². The van der Waals surface area contributed by atoms with E-state index >= 15 is 0 Å². The first kappa shape index (κ1) is 16.0. The lowest BCUT2D eigenvalue weighted by Crippen LogP contribution is -2.37. The lowest BCUT2D eigenvalue weighted by Gasteiger charge is -2.26. The average Bonchev–Trinajstić information content (AvgIpc) is 2.75. The maximum atomic E-state index is 11.6. The number of methoxy groups -OCH3 is 1. The predicted molar refractivity (Wildman–Crippen MR) is 68.1 cm³/mol. The van der Waals surface area contributed by atoms with Crippen LogP contribution in [0.4, 0.5) is 0 Å². The van der Waals surface area contributed by atoms with Crippen LogP contribution in [-0.2, 0) is 16.0 Å². The predicted octanol–water partition coefficient (Wildman–Crippen LogP) is 2.46. The van der Waals surface area contributed by atoms with E-state index in [1.54, 1.807) is 13.8 Å². The lowest BCUT2D eigenvalue weighted by molar-refractivity contribution is -0.152. The fourth-order valence-electron chi connectivity index (χ4n) is 1.50. The number of aryl methyl sites for hydroxylation is 1. The Labute approximate surface area is 108 Å². The van der Waals surface area contributed by atoms with Crippen LogP contribution in [0.5, 0.6) is 0 Å². The highest BCUT2D eigenvalue weighted by Crippen LogP contribution is 2.33. The standard InChI is InChI=1S/C12H19NO3.ClH/c1-5-8-6-7-9(16-8)10(13)12(2,3)11(14)15-4;/h6-7,10H,5,13H2,1-4H3;1H/t10-;/m1./s1. The number of halogens is 1. The van der Waals surface area contributed by atoms with Crippen molar-refractivity contribution in [1.29, 1.82) is 0 Å². The molecular formula is C12H20ClNO3. The molecule has 0 aliphatic heterocycles. The van der Waals surface area contributed by atoms with Gasteiger partial charge in [0.1, 0.15) is 11.5 Å². The number of rotatable bonds is 4. The van der Waals surface area contributed by atoms with Gasteiger partial charge in [-0.15, -0.1) is 12.4 Å². The number of esters is 1. The fraction of sp³-hybridized carbons (Fsp3) is 0.583. The molecule has 0 fully saturated rings. The highest BCUT2D eigenvalue weighted by Gasteiger charge is 2.38. The first-order chi connectivity index (χ1) is 7.43. The Morgan fingerprint density at radius 1 is 1.53 bits per heavy atom. The Morgan fingerprint density at radius 3 is 2.53 bits per heavy atom. The molecule has 0 spiro atoms. The molecule has 2 N–H and O–H groups in total. The number of carbonyl (C=O) groups is 1. The van der Waals surface area contributed by atoms with Crippen LogP contribution < -0.4 is 5.73 Å². The van der Waals surface area contributed by atoms with Crippen molar-refractivity contribution in [3.05, 3.63) is 23.7 Å². The normalized spacial score (nSPS) is 12.8. The van der Waals surface area contributed by atoms with Gasteiger partial charge in [-0.1, -0.05) is 6.92 Å². The summed E-state index contributed by atoms with van der Waals surface area (Å²) < 4.78 is 10.3. The van der Waals surface area contributed by atoms with Crippen molar-refractivity contribution in [3.8, 4) is 0 Å². The highest BCUT2D eigenvalue weighted by atomic mass is 35.5. The Morgan fingerprint density at radius 2 is 2.12 bits per heavy atom. The van der Waals surface area contributed by atoms with Gasteiger partial charge in [-0.2, -0.15) is 0 Å². The van der Waals surface area contributed by atoms with Crippen LogP contribution in [0.1, 0.15) is 38.3 Å². The third-order valence-electron chi connectivity index (χ3n) is 2.83. The monoisotopic (exact) mass is 261 g/mol. The van der Waals surface area contributed by atoms with Crippen molar-refractivity contribution in [2.45, 2.75) is 33.2 Å². The molecule has 98 valence electrons. The maximum Gasteiger partial charge on any atom is 0.313 e. The van der Waals surface area contributed by atoms with E-state index in [1.807, 2.05) is 19.1 Å². The summed E-state index contributed by atoms with van der Waals surface area (Å²) in [5, 5.41) is 0. The summed E-state index contributed by atoms with van der Waals surface area (Å²) in [6.45, 7) is 5.49. The third-order valence-corrected chi connectivity index (χ3v) is 2.83. The van der Waals surface area contributed by atoms with Crippen LogP contribution in [0.3, 0.4) is 0 Å². The van der Waals surface area contributed by atoms with Gasteiger partial charge in [-0.25, -0.2) is 0 Å². The molecule has 0 amide bonds. The Hall–Kier alpha value is -1.00. The molecule has 5 heteroatoms. The second kappa shape index (κ2) is 6.07. The minimum atomic E-state index is -0.794. The molecule has 0 aliphatic carbocycles. The van der Waals surface area contributed by atoms with E-state index in [9.17, 15) is 4.79 Å². The fourth-order valence-corrected chi connectivity index (χ4v) is 1.50. The molecule has 1 rings (SSSR count). The SMILES string of the molecule is CCc1ccc([C@@H](N)C(C)(C)C(=O)OC)o1.Cl. The summed E-state index contributed by atoms with van der Waals surface area (Å²) in [4.78, 5) is 11.6. The molecule has 1 heterocycles. The summed E-state index contributed by atoms with van der Waals surface area (Å²) >= 11 is 0. The molecule has 0 aliphatic rings. The van der Waals surface area contributed by atoms with E-state index in [0.29, 0.717) is 5.76 Å². The molecule has 0 radical (unpaired) electrons. The van der Waals surface area contributed by atoms with Gasteiger partial charge in [0.15, 0.2) is 0 Å². The second-order valence-electron chi connectivity index (χ2n) is 4.35. The first-order valence-corrected chi connectivity index (χ1v) is 5.36. The van der Waals surface area contributed by atoms with Crippen molar-refractivity contribution in [2.75, 3.05) is 7.11 Å². The Kier molecular flexibility index (Phi) is 5.72. The van der Waals surface area contributed by atoms with Gasteiger partial charge < -0.3 is 14.9 Å². The summed E-state index contributed by atoms with van der Waals surface area (Å²) in [5.41, 5.74) is 5.23. The van der Waals surface area contributed by atoms with E-state index < -0.39 is 11.5 Å². The minimum absolute atomic E-state index is 0. The molecule has 17 heavy (non-hydrogen) atoms. The minimum Gasteiger partial charge on any atom is -0.469 e. The van der Waals surface area contributed by atoms with Crippen molar-refractivity contribution in [2.24, 2.45) is 11.1 Å². The zero-order valence-electron chi connectivity index (χ0n) is 10.6. The summed E-state index contributed by atoms with van der Waals surface area (Å²) in [7, 11) is 1.36. The van der Waals surface area contributed by atoms with Crippen LogP contribution >= 0.6 is 12.4 Å². The Bertz CT molecular complexity index is 374. The molecule has 0 bridgehead atoms. The second-order valence-corrected chi connectivity index (χ2v) is 4.35. The van der Waals surface area contributed by atoms with Crippen LogP contribution in [-0.4, -0.2) is 13.1 Å². The van der Waals surface area contributed by atoms with E-state index in [0.717, 1.165) is 12.2 Å². The number of ether oxygens (including phenoxy) is 1. The van der Waals surface area contributed by atoms with E-state index in [-0.39, 0.29) is 18.4 Å².